The van der Waals surface area contributed by atoms with Gasteiger partial charge in [-0.05, 0) is 24.6 Å². The number of H-pyrrole nitrogens is 1. The molecule has 1 aromatic heterocycles. The van der Waals surface area contributed by atoms with Crippen LogP contribution < -0.4 is 0 Å². The monoisotopic (exact) mass is 206 g/mol. The minimum absolute atomic E-state index is 0.00942. The maximum atomic E-state index is 13.0. The molecule has 0 amide bonds. The van der Waals surface area contributed by atoms with E-state index in [4.69, 9.17) is 0 Å². The van der Waals surface area contributed by atoms with Crippen molar-refractivity contribution < 1.29 is 4.39 Å². The number of nitrogens with one attached hydrogen (secondary N) is 1. The number of rotatable bonds is 2. The number of nitrogens with zero attached hydrogens (tertiary/aromatic N) is 1. The Labute approximate surface area is 88.5 Å². The molecule has 2 aromatic rings. The third-order valence-electron chi connectivity index (χ3n) is 2.97. The summed E-state index contributed by atoms with van der Waals surface area (Å²) in [5.41, 5.74) is 1.61. The largest absolute Gasteiger partial charge is 0.341 e. The Hall–Kier alpha value is -1.38. The van der Waals surface area contributed by atoms with Crippen LogP contribution in [0.1, 0.15) is 33.0 Å². The van der Waals surface area contributed by atoms with Crippen molar-refractivity contribution in [1.29, 1.82) is 0 Å². The molecule has 0 radical (unpaired) electrons. The minimum atomic E-state index is -0.230. The highest BCUT2D eigenvalue weighted by molar-refractivity contribution is 5.75. The molecule has 2 rings (SSSR count). The predicted octanol–water partition coefficient (Wildman–Crippen LogP) is 3.39. The smallest absolute Gasteiger partial charge is 0.125 e. The normalized spacial score (nSPS) is 12.3. The molecule has 0 bridgehead atoms. The van der Waals surface area contributed by atoms with Crippen molar-refractivity contribution in [2.45, 2.75) is 32.6 Å². The second-order valence-electron chi connectivity index (χ2n) is 4.48. The number of hydrogen-bond acceptors (Lipinski definition) is 1. The first kappa shape index (κ1) is 10.1. The molecule has 0 saturated carbocycles. The van der Waals surface area contributed by atoms with E-state index in [0.29, 0.717) is 0 Å². The number of imidazole rings is 1. The van der Waals surface area contributed by atoms with Crippen LogP contribution in [0.15, 0.2) is 18.2 Å². The summed E-state index contributed by atoms with van der Waals surface area (Å²) in [6.07, 6.45) is 0.995. The fourth-order valence-corrected chi connectivity index (χ4v) is 1.47. The van der Waals surface area contributed by atoms with E-state index in [2.05, 4.69) is 30.7 Å². The summed E-state index contributed by atoms with van der Waals surface area (Å²) in [5.74, 6) is 0.692. The van der Waals surface area contributed by atoms with E-state index >= 15 is 0 Å². The summed E-state index contributed by atoms with van der Waals surface area (Å²) in [7, 11) is 0. The van der Waals surface area contributed by atoms with Crippen LogP contribution in [0.4, 0.5) is 4.39 Å². The van der Waals surface area contributed by atoms with Crippen molar-refractivity contribution in [2.75, 3.05) is 0 Å². The summed E-state index contributed by atoms with van der Waals surface area (Å²) in [6, 6.07) is 4.62. The maximum absolute atomic E-state index is 13.0. The topological polar surface area (TPSA) is 28.7 Å². The lowest BCUT2D eigenvalue weighted by Gasteiger charge is -2.18. The Morgan fingerprint density at radius 2 is 2.13 bits per heavy atom. The molecular weight excluding hydrogens is 191 g/mol. The van der Waals surface area contributed by atoms with Gasteiger partial charge in [-0.1, -0.05) is 20.8 Å². The number of aromatic amines is 1. The molecule has 0 aliphatic rings. The first-order valence-electron chi connectivity index (χ1n) is 5.18. The highest BCUT2D eigenvalue weighted by Crippen LogP contribution is 2.26. The first-order chi connectivity index (χ1) is 7.03. The van der Waals surface area contributed by atoms with E-state index in [1.807, 2.05) is 0 Å². The standard InChI is InChI=1S/C12H15FN2/c1-4-12(2,3)11-14-9-6-5-8(13)7-10(9)15-11/h5-7H,4H2,1-3H3,(H,14,15). The lowest BCUT2D eigenvalue weighted by molar-refractivity contribution is 0.479. The van der Waals surface area contributed by atoms with Gasteiger partial charge in [-0.15, -0.1) is 0 Å². The predicted molar refractivity (Wildman–Crippen MR) is 59.4 cm³/mol. The van der Waals surface area contributed by atoms with Gasteiger partial charge in [-0.3, -0.25) is 0 Å². The molecule has 1 heterocycles. The van der Waals surface area contributed by atoms with Gasteiger partial charge in [-0.25, -0.2) is 9.37 Å². The molecule has 80 valence electrons. The van der Waals surface area contributed by atoms with E-state index in [-0.39, 0.29) is 11.2 Å². The molecule has 15 heavy (non-hydrogen) atoms. The van der Waals surface area contributed by atoms with Gasteiger partial charge in [0.2, 0.25) is 0 Å². The van der Waals surface area contributed by atoms with Gasteiger partial charge < -0.3 is 4.98 Å². The molecule has 3 heteroatoms. The second kappa shape index (κ2) is 3.33. The van der Waals surface area contributed by atoms with Gasteiger partial charge in [-0.2, -0.15) is 0 Å². The molecule has 0 aliphatic heterocycles. The molecule has 0 atom stereocenters. The molecule has 1 aromatic carbocycles. The van der Waals surface area contributed by atoms with Crippen LogP contribution in [0.2, 0.25) is 0 Å². The van der Waals surface area contributed by atoms with Crippen LogP contribution in [-0.2, 0) is 5.41 Å². The van der Waals surface area contributed by atoms with Gasteiger partial charge in [0.15, 0.2) is 0 Å². The summed E-state index contributed by atoms with van der Waals surface area (Å²) in [4.78, 5) is 7.65. The lowest BCUT2D eigenvalue weighted by atomic mass is 9.90. The molecular formula is C12H15FN2. The Kier molecular flexibility index (Phi) is 2.25. The van der Waals surface area contributed by atoms with Crippen LogP contribution in [0, 0.1) is 5.82 Å². The van der Waals surface area contributed by atoms with Gasteiger partial charge >= 0.3 is 0 Å². The fraction of sp³-hybridized carbons (Fsp3) is 0.417. The number of halogens is 1. The Morgan fingerprint density at radius 3 is 2.80 bits per heavy atom. The number of hydrogen-bond donors (Lipinski definition) is 1. The Balaban J connectivity index is 2.56. The summed E-state index contributed by atoms with van der Waals surface area (Å²) in [6.45, 7) is 6.37. The highest BCUT2D eigenvalue weighted by atomic mass is 19.1. The summed E-state index contributed by atoms with van der Waals surface area (Å²) < 4.78 is 13.0. The van der Waals surface area contributed by atoms with E-state index < -0.39 is 0 Å². The fourth-order valence-electron chi connectivity index (χ4n) is 1.47. The third-order valence-corrected chi connectivity index (χ3v) is 2.97. The molecule has 0 aliphatic carbocycles. The van der Waals surface area contributed by atoms with Gasteiger partial charge in [0, 0.05) is 5.41 Å². The van der Waals surface area contributed by atoms with Crippen LogP contribution in [0.3, 0.4) is 0 Å². The van der Waals surface area contributed by atoms with Gasteiger partial charge in [0.05, 0.1) is 11.0 Å². The van der Waals surface area contributed by atoms with E-state index in [1.54, 1.807) is 6.07 Å². The van der Waals surface area contributed by atoms with Gasteiger partial charge in [0.1, 0.15) is 11.6 Å². The Bertz CT molecular complexity index is 485. The van der Waals surface area contributed by atoms with Crippen LogP contribution in [0.5, 0.6) is 0 Å². The van der Waals surface area contributed by atoms with Gasteiger partial charge in [0.25, 0.3) is 0 Å². The maximum Gasteiger partial charge on any atom is 0.125 e. The molecule has 2 nitrogen and oxygen atoms in total. The van der Waals surface area contributed by atoms with Crippen molar-refractivity contribution in [2.24, 2.45) is 0 Å². The van der Waals surface area contributed by atoms with E-state index in [1.165, 1.54) is 12.1 Å². The van der Waals surface area contributed by atoms with Crippen LogP contribution in [0.25, 0.3) is 11.0 Å². The van der Waals surface area contributed by atoms with Crippen molar-refractivity contribution in [1.82, 2.24) is 9.97 Å². The number of benzene rings is 1. The minimum Gasteiger partial charge on any atom is -0.341 e. The summed E-state index contributed by atoms with van der Waals surface area (Å²) >= 11 is 0. The quantitative estimate of drug-likeness (QED) is 0.801. The second-order valence-corrected chi connectivity index (χ2v) is 4.48. The Morgan fingerprint density at radius 1 is 1.40 bits per heavy atom. The highest BCUT2D eigenvalue weighted by Gasteiger charge is 2.21. The van der Waals surface area contributed by atoms with Crippen LogP contribution >= 0.6 is 0 Å². The van der Waals surface area contributed by atoms with E-state index in [0.717, 1.165) is 23.3 Å². The zero-order chi connectivity index (χ0) is 11.1. The lowest BCUT2D eigenvalue weighted by Crippen LogP contribution is -2.17. The average Bonchev–Trinajstić information content (AvgIpc) is 2.61. The number of fused-ring (bicyclic) bond motifs is 1. The number of aromatic nitrogens is 2. The third kappa shape index (κ3) is 1.74. The van der Waals surface area contributed by atoms with Crippen molar-refractivity contribution in [3.05, 3.63) is 29.8 Å². The SMILES string of the molecule is CCC(C)(C)c1nc2ccc(F)cc2[nH]1. The van der Waals surface area contributed by atoms with Crippen molar-refractivity contribution in [3.8, 4) is 0 Å². The molecule has 0 fully saturated rings. The van der Waals surface area contributed by atoms with Crippen molar-refractivity contribution >= 4 is 11.0 Å². The molecule has 0 saturated heterocycles. The molecule has 1 N–H and O–H groups in total. The molecule has 0 spiro atoms. The first-order valence-corrected chi connectivity index (χ1v) is 5.18. The van der Waals surface area contributed by atoms with E-state index in [9.17, 15) is 4.39 Å². The summed E-state index contributed by atoms with van der Waals surface area (Å²) in [5, 5.41) is 0. The zero-order valence-electron chi connectivity index (χ0n) is 9.26. The van der Waals surface area contributed by atoms with Crippen molar-refractivity contribution in [3.63, 3.8) is 0 Å². The average molecular weight is 206 g/mol. The molecule has 0 unspecified atom stereocenters. The zero-order valence-corrected chi connectivity index (χ0v) is 9.26. The van der Waals surface area contributed by atoms with Crippen LogP contribution in [-0.4, -0.2) is 9.97 Å².